The first-order valence-corrected chi connectivity index (χ1v) is 11.2. The zero-order valence-corrected chi connectivity index (χ0v) is 17.4. The summed E-state index contributed by atoms with van der Waals surface area (Å²) in [4.78, 5) is 8.38. The second-order valence-corrected chi connectivity index (χ2v) is 8.37. The molecule has 0 saturated heterocycles. The van der Waals surface area contributed by atoms with E-state index in [2.05, 4.69) is 25.3 Å². The molecule has 0 radical (unpaired) electrons. The van der Waals surface area contributed by atoms with Crippen LogP contribution in [0.25, 0.3) is 0 Å². The molecule has 0 bridgehead atoms. The Kier molecular flexibility index (Phi) is 9.19. The Morgan fingerprint density at radius 3 is 2.57 bits per heavy atom. The Hall–Kier alpha value is -2.16. The molecule has 0 aliphatic heterocycles. The van der Waals surface area contributed by atoms with Crippen LogP contribution in [-0.4, -0.2) is 44.7 Å². The minimum absolute atomic E-state index is 0.0719. The summed E-state index contributed by atoms with van der Waals surface area (Å²) in [7, 11) is -3.39. The molecular formula is C19H26ClN5O2S. The Bertz CT molecular complexity index is 842. The Balaban J connectivity index is 1.77. The lowest BCUT2D eigenvalue weighted by Crippen LogP contribution is -2.39. The lowest BCUT2D eigenvalue weighted by atomic mass is 10.2. The molecule has 1 aromatic heterocycles. The van der Waals surface area contributed by atoms with Crippen molar-refractivity contribution < 1.29 is 8.42 Å². The number of hydrogen-bond acceptors (Lipinski definition) is 4. The summed E-state index contributed by atoms with van der Waals surface area (Å²) in [5, 5.41) is 6.77. The van der Waals surface area contributed by atoms with E-state index in [9.17, 15) is 8.42 Å². The number of nitrogens with one attached hydrogen (secondary N) is 3. The normalized spacial score (nSPS) is 12.0. The fourth-order valence-electron chi connectivity index (χ4n) is 2.36. The highest BCUT2D eigenvalue weighted by atomic mass is 35.5. The van der Waals surface area contributed by atoms with Gasteiger partial charge in [-0.1, -0.05) is 48.0 Å². The third-order valence-electron chi connectivity index (χ3n) is 3.81. The van der Waals surface area contributed by atoms with Crippen LogP contribution < -0.4 is 15.4 Å². The molecule has 0 aliphatic rings. The van der Waals surface area contributed by atoms with Crippen molar-refractivity contribution in [3.8, 4) is 0 Å². The van der Waals surface area contributed by atoms with Crippen molar-refractivity contribution in [3.05, 3.63) is 64.9 Å². The molecule has 3 N–H and O–H groups in total. The van der Waals surface area contributed by atoms with Gasteiger partial charge in [0.05, 0.1) is 12.3 Å². The Morgan fingerprint density at radius 2 is 1.89 bits per heavy atom. The van der Waals surface area contributed by atoms with Crippen LogP contribution in [0.2, 0.25) is 5.15 Å². The molecule has 2 rings (SSSR count). The molecule has 9 heteroatoms. The highest BCUT2D eigenvalue weighted by Gasteiger charge is 2.09. The number of sulfonamides is 1. The zero-order chi connectivity index (χ0) is 20.2. The van der Waals surface area contributed by atoms with E-state index in [1.807, 2.05) is 43.3 Å². The molecule has 0 atom stereocenters. The van der Waals surface area contributed by atoms with Crippen LogP contribution in [0, 0.1) is 0 Å². The van der Waals surface area contributed by atoms with E-state index in [1.54, 1.807) is 12.3 Å². The molecule has 152 valence electrons. The molecule has 0 saturated carbocycles. The first-order valence-electron chi connectivity index (χ1n) is 9.12. The van der Waals surface area contributed by atoms with Crippen LogP contribution in [0.4, 0.5) is 0 Å². The molecule has 28 heavy (non-hydrogen) atoms. The summed E-state index contributed by atoms with van der Waals surface area (Å²) in [5.74, 6) is 0.514. The summed E-state index contributed by atoms with van der Waals surface area (Å²) < 4.78 is 26.9. The fourth-order valence-corrected chi connectivity index (χ4v) is 3.33. The van der Waals surface area contributed by atoms with Gasteiger partial charge in [-0.15, -0.1) is 0 Å². The van der Waals surface area contributed by atoms with Gasteiger partial charge < -0.3 is 10.6 Å². The molecule has 1 heterocycles. The van der Waals surface area contributed by atoms with Crippen LogP contribution in [0.1, 0.15) is 18.1 Å². The van der Waals surface area contributed by atoms with Crippen molar-refractivity contribution in [2.24, 2.45) is 4.99 Å². The van der Waals surface area contributed by atoms with Crippen molar-refractivity contribution in [1.29, 1.82) is 0 Å². The predicted molar refractivity (Wildman–Crippen MR) is 114 cm³/mol. The lowest BCUT2D eigenvalue weighted by Gasteiger charge is -2.11. The first kappa shape index (κ1) is 22.1. The maximum absolute atomic E-state index is 12.1. The van der Waals surface area contributed by atoms with Crippen molar-refractivity contribution in [2.75, 3.05) is 25.4 Å². The Morgan fingerprint density at radius 1 is 1.11 bits per heavy atom. The van der Waals surface area contributed by atoms with E-state index in [1.165, 1.54) is 0 Å². The molecule has 0 spiro atoms. The maximum atomic E-state index is 12.1. The predicted octanol–water partition coefficient (Wildman–Crippen LogP) is 1.95. The average Bonchev–Trinajstić information content (AvgIpc) is 2.69. The number of nitrogens with zero attached hydrogens (tertiary/aromatic N) is 2. The number of aliphatic imine (C=N–C) groups is 1. The number of pyridine rings is 1. The standard InChI is InChI=1S/C19H26ClN5O2S/c1-2-21-19(22-11-10-17-8-9-18(20)24-14-17)23-12-13-28(26,27)25-15-16-6-4-3-5-7-16/h3-9,14,25H,2,10-13,15H2,1H3,(H2,21,22,23). The summed E-state index contributed by atoms with van der Waals surface area (Å²) in [5.41, 5.74) is 1.97. The minimum Gasteiger partial charge on any atom is -0.357 e. The smallest absolute Gasteiger partial charge is 0.213 e. The molecule has 1 aromatic carbocycles. The topological polar surface area (TPSA) is 95.5 Å². The third-order valence-corrected chi connectivity index (χ3v) is 5.34. The van der Waals surface area contributed by atoms with Crippen LogP contribution >= 0.6 is 11.6 Å². The SMILES string of the molecule is CCNC(=NCCS(=O)(=O)NCc1ccccc1)NCCc1ccc(Cl)nc1. The second-order valence-electron chi connectivity index (χ2n) is 6.05. The van der Waals surface area contributed by atoms with Crippen molar-refractivity contribution in [3.63, 3.8) is 0 Å². The maximum Gasteiger partial charge on any atom is 0.213 e. The lowest BCUT2D eigenvalue weighted by molar-refractivity contribution is 0.581. The second kappa shape index (κ2) is 11.6. The van der Waals surface area contributed by atoms with Gasteiger partial charge in [0.2, 0.25) is 10.0 Å². The molecular weight excluding hydrogens is 398 g/mol. The molecule has 7 nitrogen and oxygen atoms in total. The van der Waals surface area contributed by atoms with Crippen molar-refractivity contribution in [1.82, 2.24) is 20.3 Å². The van der Waals surface area contributed by atoms with Gasteiger partial charge in [0.25, 0.3) is 0 Å². The molecule has 0 fully saturated rings. The van der Waals surface area contributed by atoms with Crippen LogP contribution in [0.5, 0.6) is 0 Å². The van der Waals surface area contributed by atoms with E-state index in [0.717, 1.165) is 17.5 Å². The number of halogens is 1. The van der Waals surface area contributed by atoms with E-state index >= 15 is 0 Å². The number of hydrogen-bond donors (Lipinski definition) is 3. The van der Waals surface area contributed by atoms with Gasteiger partial charge in [-0.3, -0.25) is 4.99 Å². The van der Waals surface area contributed by atoms with Gasteiger partial charge in [0, 0.05) is 25.8 Å². The summed E-state index contributed by atoms with van der Waals surface area (Å²) in [6.07, 6.45) is 2.49. The fraction of sp³-hybridized carbons (Fsp3) is 0.368. The van der Waals surface area contributed by atoms with Crippen LogP contribution in [-0.2, 0) is 23.0 Å². The summed E-state index contributed by atoms with van der Waals surface area (Å²) in [6.45, 7) is 3.74. The van der Waals surface area contributed by atoms with Gasteiger partial charge in [0.1, 0.15) is 5.15 Å². The average molecular weight is 424 g/mol. The van der Waals surface area contributed by atoms with E-state index in [0.29, 0.717) is 24.2 Å². The molecule has 0 unspecified atom stereocenters. The van der Waals surface area contributed by atoms with Gasteiger partial charge in [-0.2, -0.15) is 0 Å². The molecule has 0 amide bonds. The highest BCUT2D eigenvalue weighted by Crippen LogP contribution is 2.05. The zero-order valence-electron chi connectivity index (χ0n) is 15.9. The summed E-state index contributed by atoms with van der Waals surface area (Å²) in [6, 6.07) is 13.1. The van der Waals surface area contributed by atoms with Gasteiger partial charge >= 0.3 is 0 Å². The van der Waals surface area contributed by atoms with E-state index in [4.69, 9.17) is 11.6 Å². The van der Waals surface area contributed by atoms with Crippen molar-refractivity contribution >= 4 is 27.6 Å². The molecule has 0 aliphatic carbocycles. The number of rotatable bonds is 10. The summed E-state index contributed by atoms with van der Waals surface area (Å²) >= 11 is 5.78. The van der Waals surface area contributed by atoms with Gasteiger partial charge in [0.15, 0.2) is 5.96 Å². The number of guanidine groups is 1. The highest BCUT2D eigenvalue weighted by molar-refractivity contribution is 7.89. The van der Waals surface area contributed by atoms with Crippen LogP contribution in [0.3, 0.4) is 0 Å². The van der Waals surface area contributed by atoms with E-state index in [-0.39, 0.29) is 18.8 Å². The van der Waals surface area contributed by atoms with Gasteiger partial charge in [-0.25, -0.2) is 18.1 Å². The quantitative estimate of drug-likeness (QED) is 0.308. The number of aromatic nitrogens is 1. The monoisotopic (exact) mass is 423 g/mol. The Labute approximate surface area is 171 Å². The molecule has 2 aromatic rings. The minimum atomic E-state index is -3.39. The third kappa shape index (κ3) is 8.69. The van der Waals surface area contributed by atoms with Crippen LogP contribution in [0.15, 0.2) is 53.7 Å². The first-order chi connectivity index (χ1) is 13.5. The largest absolute Gasteiger partial charge is 0.357 e. The van der Waals surface area contributed by atoms with E-state index < -0.39 is 10.0 Å². The number of benzene rings is 1. The van der Waals surface area contributed by atoms with Crippen molar-refractivity contribution in [2.45, 2.75) is 19.9 Å². The van der Waals surface area contributed by atoms with Gasteiger partial charge in [-0.05, 0) is 30.5 Å².